The van der Waals surface area contributed by atoms with Crippen LogP contribution < -0.4 is 9.64 Å². The first-order valence-electron chi connectivity index (χ1n) is 9.15. The number of benzene rings is 1. The minimum atomic E-state index is -0.110. The summed E-state index contributed by atoms with van der Waals surface area (Å²) in [5.74, 6) is 2.30. The van der Waals surface area contributed by atoms with Crippen LogP contribution in [0.2, 0.25) is 0 Å². The Morgan fingerprint density at radius 1 is 1.29 bits per heavy atom. The Balaban J connectivity index is 1.69. The highest BCUT2D eigenvalue weighted by atomic mass is 16.5. The largest absolute Gasteiger partial charge is 0.497 e. The van der Waals surface area contributed by atoms with Crippen molar-refractivity contribution in [2.45, 2.75) is 37.3 Å². The van der Waals surface area contributed by atoms with Gasteiger partial charge in [-0.05, 0) is 36.8 Å². The van der Waals surface area contributed by atoms with Gasteiger partial charge in [-0.15, -0.1) is 0 Å². The van der Waals surface area contributed by atoms with Crippen molar-refractivity contribution in [3.05, 3.63) is 35.9 Å². The lowest BCUT2D eigenvalue weighted by Crippen LogP contribution is -2.72. The molecule has 24 heavy (non-hydrogen) atoms. The van der Waals surface area contributed by atoms with E-state index < -0.39 is 0 Å². The van der Waals surface area contributed by atoms with Gasteiger partial charge in [0.05, 0.1) is 12.8 Å². The molecule has 4 nitrogen and oxygen atoms in total. The fourth-order valence-electron chi connectivity index (χ4n) is 6.90. The summed E-state index contributed by atoms with van der Waals surface area (Å²) in [7, 11) is 1.70. The maximum Gasteiger partial charge on any atom is 0.229 e. The SMILES string of the molecule is COc1ccc2c(c1)N1C(=O)C[C@@]34C=CCN5CC[C@H]2[C@H](CC3)[C@]514. The molecular formula is C20H22N2O2. The van der Waals surface area contributed by atoms with Gasteiger partial charge in [-0.3, -0.25) is 14.6 Å². The Bertz CT molecular complexity index is 803. The Morgan fingerprint density at radius 3 is 3.08 bits per heavy atom. The Labute approximate surface area is 142 Å². The predicted octanol–water partition coefficient (Wildman–Crippen LogP) is 2.90. The number of fused-ring (bicyclic) bond motifs is 3. The Kier molecular flexibility index (Phi) is 2.27. The molecule has 2 bridgehead atoms. The van der Waals surface area contributed by atoms with Crippen LogP contribution in [0.1, 0.15) is 37.2 Å². The van der Waals surface area contributed by atoms with Gasteiger partial charge in [0.1, 0.15) is 11.4 Å². The van der Waals surface area contributed by atoms with Crippen LogP contribution in [0, 0.1) is 11.3 Å². The molecule has 124 valence electrons. The first kappa shape index (κ1) is 13.5. The molecule has 4 heteroatoms. The van der Waals surface area contributed by atoms with Gasteiger partial charge in [0.15, 0.2) is 0 Å². The monoisotopic (exact) mass is 322 g/mol. The van der Waals surface area contributed by atoms with Crippen molar-refractivity contribution in [2.75, 3.05) is 25.1 Å². The number of methoxy groups -OCH3 is 1. The van der Waals surface area contributed by atoms with Crippen LogP contribution >= 0.6 is 0 Å². The smallest absolute Gasteiger partial charge is 0.229 e. The van der Waals surface area contributed by atoms with E-state index in [0.717, 1.165) is 30.9 Å². The summed E-state index contributed by atoms with van der Waals surface area (Å²) in [5.41, 5.74) is 2.39. The molecule has 6 rings (SSSR count). The predicted molar refractivity (Wildman–Crippen MR) is 91.1 cm³/mol. The summed E-state index contributed by atoms with van der Waals surface area (Å²) in [5, 5.41) is 0. The van der Waals surface area contributed by atoms with Crippen LogP contribution in [0.15, 0.2) is 30.4 Å². The molecule has 1 aromatic carbocycles. The van der Waals surface area contributed by atoms with Gasteiger partial charge in [-0.25, -0.2) is 0 Å². The third-order valence-electron chi connectivity index (χ3n) is 7.53. The average Bonchev–Trinajstić information content (AvgIpc) is 3.06. The summed E-state index contributed by atoms with van der Waals surface area (Å²) < 4.78 is 5.48. The number of hydrogen-bond acceptors (Lipinski definition) is 3. The number of anilines is 1. The van der Waals surface area contributed by atoms with Crippen molar-refractivity contribution < 1.29 is 9.53 Å². The summed E-state index contributed by atoms with van der Waals surface area (Å²) in [4.78, 5) is 18.0. The van der Waals surface area contributed by atoms with E-state index in [0.29, 0.717) is 24.2 Å². The molecule has 4 aliphatic heterocycles. The zero-order valence-electron chi connectivity index (χ0n) is 14.0. The van der Waals surface area contributed by atoms with Crippen molar-refractivity contribution in [2.24, 2.45) is 11.3 Å². The average molecular weight is 322 g/mol. The highest BCUT2D eigenvalue weighted by molar-refractivity contribution is 6.01. The van der Waals surface area contributed by atoms with Crippen molar-refractivity contribution in [3.63, 3.8) is 0 Å². The second-order valence-corrected chi connectivity index (χ2v) is 8.10. The highest BCUT2D eigenvalue weighted by Crippen LogP contribution is 2.71. The molecule has 5 aliphatic rings. The molecule has 0 unspecified atom stereocenters. The van der Waals surface area contributed by atoms with Gasteiger partial charge >= 0.3 is 0 Å². The van der Waals surface area contributed by atoms with E-state index in [9.17, 15) is 4.79 Å². The number of carbonyl (C=O) groups is 1. The number of nitrogens with zero attached hydrogens (tertiary/aromatic N) is 2. The van der Waals surface area contributed by atoms with Crippen LogP contribution in [0.4, 0.5) is 5.69 Å². The topological polar surface area (TPSA) is 32.8 Å². The van der Waals surface area contributed by atoms with Crippen LogP contribution in [0.25, 0.3) is 0 Å². The molecular weight excluding hydrogens is 300 g/mol. The standard InChI is InChI=1S/C20H22N2O2/c1-24-13-3-4-15-14-6-10-21-9-2-7-19-8-5-16(14)20(19,21)22(17(15)11-13)18(23)12-19/h2-4,7,11,14,16H,5-6,8-10,12H2,1H3/t14-,16+,19-,20+/m1/s1. The highest BCUT2D eigenvalue weighted by Gasteiger charge is 2.75. The fourth-order valence-corrected chi connectivity index (χ4v) is 6.90. The summed E-state index contributed by atoms with van der Waals surface area (Å²) >= 11 is 0. The summed E-state index contributed by atoms with van der Waals surface area (Å²) in [6.07, 6.45) is 8.97. The summed E-state index contributed by atoms with van der Waals surface area (Å²) in [6, 6.07) is 6.37. The van der Waals surface area contributed by atoms with Crippen LogP contribution in [-0.2, 0) is 4.79 Å². The number of ether oxygens (including phenoxy) is 1. The van der Waals surface area contributed by atoms with Crippen molar-refractivity contribution >= 4 is 11.6 Å². The van der Waals surface area contributed by atoms with Gasteiger partial charge in [0.25, 0.3) is 0 Å². The van der Waals surface area contributed by atoms with E-state index in [2.05, 4.69) is 40.2 Å². The molecule has 1 saturated carbocycles. The van der Waals surface area contributed by atoms with E-state index in [1.165, 1.54) is 18.4 Å². The lowest BCUT2D eigenvalue weighted by atomic mass is 9.63. The lowest BCUT2D eigenvalue weighted by Gasteiger charge is -2.63. The van der Waals surface area contributed by atoms with Gasteiger partial charge in [-0.1, -0.05) is 18.2 Å². The van der Waals surface area contributed by atoms with E-state index >= 15 is 0 Å². The molecule has 1 aromatic rings. The number of carbonyl (C=O) groups excluding carboxylic acids is 1. The minimum absolute atomic E-state index is 0.0203. The number of rotatable bonds is 1. The number of hydrogen-bond donors (Lipinski definition) is 0. The Morgan fingerprint density at radius 2 is 2.21 bits per heavy atom. The minimum Gasteiger partial charge on any atom is -0.497 e. The van der Waals surface area contributed by atoms with Gasteiger partial charge in [-0.2, -0.15) is 0 Å². The molecule has 4 atom stereocenters. The molecule has 4 heterocycles. The molecule has 2 saturated heterocycles. The number of piperidine rings is 1. The number of amides is 1. The zero-order chi connectivity index (χ0) is 16.1. The van der Waals surface area contributed by atoms with Crippen molar-refractivity contribution in [1.82, 2.24) is 4.90 Å². The quantitative estimate of drug-likeness (QED) is 0.745. The third kappa shape index (κ3) is 1.19. The second-order valence-electron chi connectivity index (χ2n) is 8.10. The zero-order valence-corrected chi connectivity index (χ0v) is 14.0. The molecule has 0 N–H and O–H groups in total. The van der Waals surface area contributed by atoms with Gasteiger partial charge in [0.2, 0.25) is 5.91 Å². The third-order valence-corrected chi connectivity index (χ3v) is 7.53. The van der Waals surface area contributed by atoms with Crippen LogP contribution in [0.3, 0.4) is 0 Å². The lowest BCUT2D eigenvalue weighted by molar-refractivity contribution is -0.119. The fraction of sp³-hybridized carbons (Fsp3) is 0.550. The Hall–Kier alpha value is -1.81. The van der Waals surface area contributed by atoms with Gasteiger partial charge < -0.3 is 4.74 Å². The second kappa shape index (κ2) is 4.05. The van der Waals surface area contributed by atoms with E-state index in [-0.39, 0.29) is 11.1 Å². The first-order chi connectivity index (χ1) is 11.7. The normalized spacial score (nSPS) is 41.4. The molecule has 0 aromatic heterocycles. The maximum absolute atomic E-state index is 13.2. The van der Waals surface area contributed by atoms with E-state index in [1.54, 1.807) is 7.11 Å². The van der Waals surface area contributed by atoms with E-state index in [4.69, 9.17) is 4.74 Å². The van der Waals surface area contributed by atoms with Crippen molar-refractivity contribution in [1.29, 1.82) is 0 Å². The van der Waals surface area contributed by atoms with Crippen molar-refractivity contribution in [3.8, 4) is 5.75 Å². The first-order valence-corrected chi connectivity index (χ1v) is 9.15. The van der Waals surface area contributed by atoms with Crippen LogP contribution in [-0.4, -0.2) is 36.7 Å². The molecule has 1 amide bonds. The molecule has 0 radical (unpaired) electrons. The van der Waals surface area contributed by atoms with E-state index in [1.807, 2.05) is 0 Å². The molecule has 1 aliphatic carbocycles. The van der Waals surface area contributed by atoms with Crippen LogP contribution in [0.5, 0.6) is 5.75 Å². The maximum atomic E-state index is 13.2. The van der Waals surface area contributed by atoms with Gasteiger partial charge in [0, 0.05) is 36.9 Å². The molecule has 1 spiro atoms. The summed E-state index contributed by atoms with van der Waals surface area (Å²) in [6.45, 7) is 2.08. The molecule has 3 fully saturated rings.